The molecule has 1 aliphatic rings. The van der Waals surface area contributed by atoms with E-state index in [1.807, 2.05) is 27.7 Å². The summed E-state index contributed by atoms with van der Waals surface area (Å²) in [6.07, 6.45) is 10.3. The van der Waals surface area contributed by atoms with Gasteiger partial charge in [-0.2, -0.15) is 15.6 Å². The Kier molecular flexibility index (Phi) is 6.92. The first-order valence-electron chi connectivity index (χ1n) is 11.7. The fourth-order valence-electron chi connectivity index (χ4n) is 4.59. The van der Waals surface area contributed by atoms with Gasteiger partial charge in [-0.05, 0) is 30.9 Å². The molecule has 1 atom stereocenters. The molecule has 4 rings (SSSR count). The van der Waals surface area contributed by atoms with E-state index in [1.54, 1.807) is 0 Å². The van der Waals surface area contributed by atoms with Gasteiger partial charge in [-0.3, -0.25) is 4.68 Å². The van der Waals surface area contributed by atoms with E-state index >= 15 is 0 Å². The summed E-state index contributed by atoms with van der Waals surface area (Å²) < 4.78 is 9.71. The summed E-state index contributed by atoms with van der Waals surface area (Å²) in [5.74, 6) is 0.420. The van der Waals surface area contributed by atoms with Crippen molar-refractivity contribution in [1.29, 1.82) is 10.5 Å². The van der Waals surface area contributed by atoms with E-state index in [2.05, 4.69) is 46.8 Å². The highest BCUT2D eigenvalue weighted by Crippen LogP contribution is 2.37. The molecule has 3 aromatic rings. The number of nitriles is 2. The SMILES string of the molecule is C[Si](C)(C)CCOCn1ccc2c(-c3cn(C(CC#N)C4CCCC4)nc3C#N)ncnc21. The first kappa shape index (κ1) is 23.2. The van der Waals surface area contributed by atoms with Crippen LogP contribution in [0, 0.1) is 28.6 Å². The van der Waals surface area contributed by atoms with Crippen molar-refractivity contribution in [2.24, 2.45) is 5.92 Å². The van der Waals surface area contributed by atoms with Gasteiger partial charge in [-0.1, -0.05) is 32.5 Å². The minimum Gasteiger partial charge on any atom is -0.361 e. The molecular weight excluding hydrogens is 430 g/mol. The average molecular weight is 462 g/mol. The summed E-state index contributed by atoms with van der Waals surface area (Å²) in [4.78, 5) is 8.99. The molecule has 0 radical (unpaired) electrons. The summed E-state index contributed by atoms with van der Waals surface area (Å²) in [6, 6.07) is 7.60. The largest absolute Gasteiger partial charge is 0.361 e. The molecule has 1 unspecified atom stereocenters. The monoisotopic (exact) mass is 461 g/mol. The highest BCUT2D eigenvalue weighted by Gasteiger charge is 2.28. The summed E-state index contributed by atoms with van der Waals surface area (Å²) in [5.41, 5.74) is 2.47. The zero-order valence-corrected chi connectivity index (χ0v) is 20.7. The Bertz CT molecular complexity index is 1190. The lowest BCUT2D eigenvalue weighted by Crippen LogP contribution is -2.22. The van der Waals surface area contributed by atoms with Gasteiger partial charge in [0.2, 0.25) is 0 Å². The highest BCUT2D eigenvalue weighted by atomic mass is 28.3. The number of aromatic nitrogens is 5. The molecule has 0 saturated heterocycles. The number of ether oxygens (including phenoxy) is 1. The third-order valence-electron chi connectivity index (χ3n) is 6.46. The van der Waals surface area contributed by atoms with Crippen molar-refractivity contribution in [3.63, 3.8) is 0 Å². The Labute approximate surface area is 195 Å². The lowest BCUT2D eigenvalue weighted by atomic mass is 9.96. The number of fused-ring (bicyclic) bond motifs is 1. The molecule has 8 nitrogen and oxygen atoms in total. The number of hydrogen-bond donors (Lipinski definition) is 0. The molecule has 3 aromatic heterocycles. The van der Waals surface area contributed by atoms with Crippen LogP contribution in [0.25, 0.3) is 22.3 Å². The quantitative estimate of drug-likeness (QED) is 0.323. The second-order valence-electron chi connectivity index (χ2n) is 10.1. The fraction of sp³-hybridized carbons (Fsp3) is 0.542. The molecule has 0 bridgehead atoms. The van der Waals surface area contributed by atoms with Gasteiger partial charge in [-0.15, -0.1) is 0 Å². The van der Waals surface area contributed by atoms with Crippen LogP contribution in [-0.2, 0) is 11.5 Å². The van der Waals surface area contributed by atoms with Crippen LogP contribution in [0.2, 0.25) is 25.7 Å². The molecule has 0 amide bonds. The van der Waals surface area contributed by atoms with E-state index < -0.39 is 8.07 Å². The van der Waals surface area contributed by atoms with Crippen LogP contribution in [0.3, 0.4) is 0 Å². The molecule has 0 spiro atoms. The molecule has 172 valence electrons. The number of hydrogen-bond acceptors (Lipinski definition) is 6. The minimum absolute atomic E-state index is 0.0138. The Morgan fingerprint density at radius 3 is 2.70 bits per heavy atom. The van der Waals surface area contributed by atoms with Crippen molar-refractivity contribution in [2.75, 3.05) is 6.61 Å². The van der Waals surface area contributed by atoms with E-state index in [-0.39, 0.29) is 6.04 Å². The van der Waals surface area contributed by atoms with Crippen LogP contribution >= 0.6 is 0 Å². The van der Waals surface area contributed by atoms with E-state index in [0.717, 1.165) is 36.5 Å². The van der Waals surface area contributed by atoms with Crippen LogP contribution in [-0.4, -0.2) is 39.0 Å². The summed E-state index contributed by atoms with van der Waals surface area (Å²) in [7, 11) is -1.14. The van der Waals surface area contributed by atoms with Crippen molar-refractivity contribution in [1.82, 2.24) is 24.3 Å². The van der Waals surface area contributed by atoms with E-state index in [0.29, 0.717) is 36.0 Å². The lowest BCUT2D eigenvalue weighted by molar-refractivity contribution is 0.0899. The molecule has 0 N–H and O–H groups in total. The van der Waals surface area contributed by atoms with E-state index in [4.69, 9.17) is 4.74 Å². The zero-order chi connectivity index (χ0) is 23.4. The Hall–Kier alpha value is -3.01. The maximum absolute atomic E-state index is 9.80. The van der Waals surface area contributed by atoms with Gasteiger partial charge in [0.15, 0.2) is 5.69 Å². The minimum atomic E-state index is -1.14. The number of nitrogens with zero attached hydrogens (tertiary/aromatic N) is 7. The molecule has 0 aliphatic heterocycles. The van der Waals surface area contributed by atoms with E-state index in [9.17, 15) is 10.5 Å². The van der Waals surface area contributed by atoms with Crippen molar-refractivity contribution in [3.8, 4) is 23.4 Å². The first-order chi connectivity index (χ1) is 15.9. The predicted octanol–water partition coefficient (Wildman–Crippen LogP) is 5.12. The molecule has 1 fully saturated rings. The van der Waals surface area contributed by atoms with Crippen molar-refractivity contribution in [2.45, 2.75) is 70.6 Å². The Morgan fingerprint density at radius 2 is 2.00 bits per heavy atom. The average Bonchev–Trinajstić information content (AvgIpc) is 3.54. The highest BCUT2D eigenvalue weighted by molar-refractivity contribution is 6.76. The van der Waals surface area contributed by atoms with Crippen molar-refractivity contribution in [3.05, 3.63) is 30.5 Å². The van der Waals surface area contributed by atoms with Gasteiger partial charge in [0, 0.05) is 32.5 Å². The Balaban J connectivity index is 1.63. The lowest BCUT2D eigenvalue weighted by Gasteiger charge is -2.21. The standard InChI is InChI=1S/C24H31N7OSi/c1-33(2,3)13-12-32-17-30-11-9-19-23(27-16-28-24(19)30)20-15-31(29-21(20)14-26)22(8-10-25)18-6-4-5-7-18/h9,11,15-16,18,22H,4-8,12-13,17H2,1-3H3. The molecule has 33 heavy (non-hydrogen) atoms. The van der Waals surface area contributed by atoms with Gasteiger partial charge in [0.1, 0.15) is 24.8 Å². The van der Waals surface area contributed by atoms with Gasteiger partial charge < -0.3 is 9.30 Å². The predicted molar refractivity (Wildman–Crippen MR) is 129 cm³/mol. The first-order valence-corrected chi connectivity index (χ1v) is 15.4. The smallest absolute Gasteiger partial charge is 0.171 e. The van der Waals surface area contributed by atoms with Gasteiger partial charge >= 0.3 is 0 Å². The van der Waals surface area contributed by atoms with Crippen molar-refractivity contribution >= 4 is 19.1 Å². The second-order valence-corrected chi connectivity index (χ2v) is 15.7. The zero-order valence-electron chi connectivity index (χ0n) is 19.7. The van der Waals surface area contributed by atoms with Crippen LogP contribution in [0.1, 0.15) is 43.8 Å². The van der Waals surface area contributed by atoms with Crippen molar-refractivity contribution < 1.29 is 4.74 Å². The second kappa shape index (κ2) is 9.86. The molecule has 1 aliphatic carbocycles. The van der Waals surface area contributed by atoms with Crippen LogP contribution in [0.4, 0.5) is 0 Å². The van der Waals surface area contributed by atoms with Crippen LogP contribution in [0.5, 0.6) is 0 Å². The molecule has 1 saturated carbocycles. The van der Waals surface area contributed by atoms with Crippen LogP contribution in [0.15, 0.2) is 24.8 Å². The molecular formula is C24H31N7OSi. The molecule has 3 heterocycles. The molecule has 0 aromatic carbocycles. The summed E-state index contributed by atoms with van der Waals surface area (Å²) in [5, 5.41) is 24.6. The summed E-state index contributed by atoms with van der Waals surface area (Å²) >= 11 is 0. The van der Waals surface area contributed by atoms with Gasteiger partial charge in [0.05, 0.1) is 29.8 Å². The summed E-state index contributed by atoms with van der Waals surface area (Å²) in [6.45, 7) is 8.17. The van der Waals surface area contributed by atoms with Crippen LogP contribution < -0.4 is 0 Å². The van der Waals surface area contributed by atoms with E-state index in [1.165, 1.54) is 19.2 Å². The Morgan fingerprint density at radius 1 is 1.21 bits per heavy atom. The maximum atomic E-state index is 9.80. The van der Waals surface area contributed by atoms with Gasteiger partial charge in [-0.25, -0.2) is 9.97 Å². The van der Waals surface area contributed by atoms with Gasteiger partial charge in [0.25, 0.3) is 0 Å². The third kappa shape index (κ3) is 5.16. The maximum Gasteiger partial charge on any atom is 0.171 e. The number of rotatable bonds is 9. The normalized spacial score (nSPS) is 15.5. The fourth-order valence-corrected chi connectivity index (χ4v) is 5.35. The third-order valence-corrected chi connectivity index (χ3v) is 8.16. The molecule has 9 heteroatoms. The topological polar surface area (TPSA) is 105 Å².